The van der Waals surface area contributed by atoms with Gasteiger partial charge in [-0.1, -0.05) is 27.7 Å². The van der Waals surface area contributed by atoms with Gasteiger partial charge in [-0.05, 0) is 14.1 Å². The summed E-state index contributed by atoms with van der Waals surface area (Å²) < 4.78 is 0. The van der Waals surface area contributed by atoms with Gasteiger partial charge in [0.15, 0.2) is 0 Å². The van der Waals surface area contributed by atoms with Gasteiger partial charge < -0.3 is 46.4 Å². The van der Waals surface area contributed by atoms with Gasteiger partial charge in [0.05, 0.1) is 0 Å². The van der Waals surface area contributed by atoms with E-state index in [0.29, 0.717) is 0 Å². The molecule has 2 amide bonds. The van der Waals surface area contributed by atoms with Crippen LogP contribution >= 0.6 is 0 Å². The van der Waals surface area contributed by atoms with Gasteiger partial charge in [-0.15, -0.1) is 0 Å². The van der Waals surface area contributed by atoms with Crippen LogP contribution in [0.25, 0.3) is 0 Å². The molecule has 0 aliphatic carbocycles. The number of likely N-dealkylation sites (N-methyl/N-ethyl adjacent to an activating group) is 2. The molecule has 0 unspecified atom stereocenters. The van der Waals surface area contributed by atoms with Crippen LogP contribution in [-0.2, 0) is 75.0 Å². The van der Waals surface area contributed by atoms with Crippen LogP contribution in [0.1, 0.15) is 27.7 Å². The molecule has 0 aromatic heterocycles. The zero-order valence-electron chi connectivity index (χ0n) is 15.7. The Labute approximate surface area is 190 Å². The summed E-state index contributed by atoms with van der Waals surface area (Å²) in [6.45, 7) is 14.3. The van der Waals surface area contributed by atoms with Crippen LogP contribution in [0.15, 0.2) is 13.2 Å². The van der Waals surface area contributed by atoms with E-state index in [2.05, 4.69) is 39.4 Å². The molecule has 0 aromatic carbocycles. The minimum atomic E-state index is -0.292. The fraction of sp³-hybridized carbons (Fsp3) is 0.375. The fourth-order valence-electron chi connectivity index (χ4n) is 0.270. The Morgan fingerprint density at radius 2 is 0.909 bits per heavy atom. The van der Waals surface area contributed by atoms with Crippen molar-refractivity contribution in [2.45, 2.75) is 27.7 Å². The first-order chi connectivity index (χ1) is 8.36. The van der Waals surface area contributed by atoms with Crippen LogP contribution < -0.4 is 0 Å². The monoisotopic (exact) mass is 462 g/mol. The SMILES string of the molecule is C=[C-]C(=O)N([CH2-])C.C=[C-]C(=O)N([CH2-])C.CC.CC.[CH3-].[CH3-].[Y+3].[Y+3]. The molecule has 0 aliphatic rings. The van der Waals surface area contributed by atoms with Gasteiger partial charge in [0.25, 0.3) is 0 Å². The molecule has 0 heterocycles. The number of carbonyl (C=O) groups is 2. The molecule has 4 nitrogen and oxygen atoms in total. The first-order valence-corrected chi connectivity index (χ1v) is 5.59. The minimum absolute atomic E-state index is 0. The number of hydrogen-bond donors (Lipinski definition) is 0. The van der Waals surface area contributed by atoms with Crippen molar-refractivity contribution in [3.05, 3.63) is 54.3 Å². The summed E-state index contributed by atoms with van der Waals surface area (Å²) >= 11 is 0. The molecule has 0 atom stereocenters. The van der Waals surface area contributed by atoms with Crippen LogP contribution in [0.2, 0.25) is 0 Å². The van der Waals surface area contributed by atoms with Gasteiger partial charge in [0.1, 0.15) is 0 Å². The molecule has 124 valence electrons. The summed E-state index contributed by atoms with van der Waals surface area (Å²) in [6, 6.07) is 0. The van der Waals surface area contributed by atoms with Crippen molar-refractivity contribution >= 4 is 11.8 Å². The first kappa shape index (κ1) is 49.5. The molecule has 0 bridgehead atoms. The number of hydrogen-bond acceptors (Lipinski definition) is 2. The maximum Gasteiger partial charge on any atom is 3.00 e. The van der Waals surface area contributed by atoms with E-state index >= 15 is 0 Å². The van der Waals surface area contributed by atoms with E-state index in [1.165, 1.54) is 0 Å². The third kappa shape index (κ3) is 49.8. The van der Waals surface area contributed by atoms with E-state index in [1.807, 2.05) is 27.7 Å². The van der Waals surface area contributed by atoms with Crippen molar-refractivity contribution in [3.8, 4) is 0 Å². The van der Waals surface area contributed by atoms with Crippen molar-refractivity contribution in [1.29, 1.82) is 0 Å². The zero-order chi connectivity index (χ0) is 15.7. The Morgan fingerprint density at radius 3 is 0.909 bits per heavy atom. The molecule has 0 N–H and O–H groups in total. The quantitative estimate of drug-likeness (QED) is 0.467. The second kappa shape index (κ2) is 43.0. The van der Waals surface area contributed by atoms with E-state index in [1.54, 1.807) is 14.1 Å². The van der Waals surface area contributed by atoms with E-state index in [-0.39, 0.29) is 92.1 Å². The molecular formula is C16H32N2O2Y2. The summed E-state index contributed by atoms with van der Waals surface area (Å²) in [5.41, 5.74) is 0. The smallest absolute Gasteiger partial charge is 0.525 e. The first-order valence-electron chi connectivity index (χ1n) is 5.59. The predicted molar refractivity (Wildman–Crippen MR) is 89.5 cm³/mol. The number of rotatable bonds is 2. The third-order valence-electron chi connectivity index (χ3n) is 0.996. The zero-order valence-corrected chi connectivity index (χ0v) is 21.4. The molecule has 0 radical (unpaired) electrons. The molecular weight excluding hydrogens is 430 g/mol. The third-order valence-corrected chi connectivity index (χ3v) is 0.996. The van der Waals surface area contributed by atoms with E-state index in [0.717, 1.165) is 9.80 Å². The molecule has 6 heteroatoms. The van der Waals surface area contributed by atoms with Crippen LogP contribution in [-0.4, -0.2) is 35.7 Å². The minimum Gasteiger partial charge on any atom is -0.525 e. The topological polar surface area (TPSA) is 40.6 Å². The van der Waals surface area contributed by atoms with Crippen molar-refractivity contribution in [1.82, 2.24) is 9.80 Å². The summed E-state index contributed by atoms with van der Waals surface area (Å²) in [5.74, 6) is -0.583. The van der Waals surface area contributed by atoms with Gasteiger partial charge in [-0.25, -0.2) is 0 Å². The van der Waals surface area contributed by atoms with Gasteiger partial charge >= 0.3 is 65.4 Å². The summed E-state index contributed by atoms with van der Waals surface area (Å²) in [7, 11) is 9.67. The standard InChI is InChI=1S/2C5H7NO.2C2H6.2CH3.2Y/c2*1-4-5(7)6(2)3;2*1-2;;;;/h2*1-2H2,3H3;2*1-2H3;2*1H3;;/q2*-2;;;2*-1;2*+3. The Bertz CT molecular complexity index is 208. The van der Waals surface area contributed by atoms with E-state index in [4.69, 9.17) is 0 Å². The maximum absolute atomic E-state index is 10.2. The van der Waals surface area contributed by atoms with Crippen LogP contribution in [0, 0.1) is 41.1 Å². The average molecular weight is 462 g/mol. The van der Waals surface area contributed by atoms with E-state index in [9.17, 15) is 9.59 Å². The maximum atomic E-state index is 10.2. The second-order valence-electron chi connectivity index (χ2n) is 2.36. The van der Waals surface area contributed by atoms with Crippen molar-refractivity contribution in [3.63, 3.8) is 0 Å². The number of nitrogens with zero attached hydrogens (tertiary/aromatic N) is 2. The van der Waals surface area contributed by atoms with Gasteiger partial charge in [0, 0.05) is 11.8 Å². The number of carbonyl (C=O) groups excluding carboxylic acids is 2. The van der Waals surface area contributed by atoms with E-state index < -0.39 is 0 Å². The van der Waals surface area contributed by atoms with Crippen LogP contribution in [0.5, 0.6) is 0 Å². The molecule has 0 fully saturated rings. The molecule has 0 aliphatic heterocycles. The van der Waals surface area contributed by atoms with Crippen LogP contribution in [0.3, 0.4) is 0 Å². The van der Waals surface area contributed by atoms with Gasteiger partial charge in [0.2, 0.25) is 0 Å². The summed E-state index contributed by atoms with van der Waals surface area (Å²) in [6.07, 6.45) is 4.28. The average Bonchev–Trinajstić information content (AvgIpc) is 2.41. The van der Waals surface area contributed by atoms with Crippen molar-refractivity contribution in [2.75, 3.05) is 14.1 Å². The van der Waals surface area contributed by atoms with Gasteiger partial charge in [-0.3, -0.25) is 27.3 Å². The Hall–Kier alpha value is 0.628. The fourth-order valence-corrected chi connectivity index (χ4v) is 0.270. The van der Waals surface area contributed by atoms with Gasteiger partial charge in [-0.2, -0.15) is 0 Å². The Balaban J connectivity index is -0.0000000210. The molecule has 0 saturated heterocycles. The molecule has 0 spiro atoms. The normalized spacial score (nSPS) is 5.45. The molecule has 0 rings (SSSR count). The predicted octanol–water partition coefficient (Wildman–Crippen LogP) is 3.40. The number of amides is 2. The molecule has 0 saturated carbocycles. The summed E-state index contributed by atoms with van der Waals surface area (Å²) in [4.78, 5) is 22.7. The molecule has 0 aromatic rings. The van der Waals surface area contributed by atoms with Crippen LogP contribution in [0.4, 0.5) is 0 Å². The summed E-state index contributed by atoms with van der Waals surface area (Å²) in [5, 5.41) is 0. The molecule has 22 heavy (non-hydrogen) atoms. The Morgan fingerprint density at radius 1 is 0.773 bits per heavy atom. The Kier molecular flexibility index (Phi) is 96.7. The van der Waals surface area contributed by atoms with Crippen molar-refractivity contribution in [2.24, 2.45) is 0 Å². The largest absolute Gasteiger partial charge is 3.00 e. The second-order valence-corrected chi connectivity index (χ2v) is 2.36. The van der Waals surface area contributed by atoms with Crippen molar-refractivity contribution < 1.29 is 75.0 Å².